The van der Waals surface area contributed by atoms with Crippen molar-refractivity contribution >= 4 is 21.7 Å². The van der Waals surface area contributed by atoms with Crippen molar-refractivity contribution in [2.45, 2.75) is 18.4 Å². The molecule has 0 aliphatic carbocycles. The van der Waals surface area contributed by atoms with Crippen LogP contribution in [0.25, 0.3) is 0 Å². The lowest BCUT2D eigenvalue weighted by Gasteiger charge is -2.23. The summed E-state index contributed by atoms with van der Waals surface area (Å²) in [4.78, 5) is 17.0. The van der Waals surface area contributed by atoms with Crippen molar-refractivity contribution in [1.82, 2.24) is 9.97 Å². The SMILES string of the molecule is Cc1ccc(N(CCC(=O)O)S(=O)(=O)c2cnc[nH]2)cc1. The van der Waals surface area contributed by atoms with Crippen LogP contribution < -0.4 is 4.31 Å². The maximum Gasteiger partial charge on any atom is 0.305 e. The third kappa shape index (κ3) is 3.40. The molecule has 112 valence electrons. The zero-order valence-electron chi connectivity index (χ0n) is 11.4. The maximum atomic E-state index is 12.6. The Morgan fingerprint density at radius 1 is 1.33 bits per heavy atom. The maximum absolute atomic E-state index is 12.6. The number of benzene rings is 1. The van der Waals surface area contributed by atoms with Crippen molar-refractivity contribution in [2.24, 2.45) is 0 Å². The second-order valence-corrected chi connectivity index (χ2v) is 6.30. The lowest BCUT2D eigenvalue weighted by atomic mass is 10.2. The van der Waals surface area contributed by atoms with E-state index in [1.807, 2.05) is 6.92 Å². The molecule has 1 aromatic carbocycles. The topological polar surface area (TPSA) is 103 Å². The molecule has 0 radical (unpaired) electrons. The van der Waals surface area contributed by atoms with Gasteiger partial charge >= 0.3 is 5.97 Å². The minimum Gasteiger partial charge on any atom is -0.481 e. The zero-order valence-corrected chi connectivity index (χ0v) is 12.2. The Kier molecular flexibility index (Phi) is 4.27. The van der Waals surface area contributed by atoms with Gasteiger partial charge in [0.25, 0.3) is 10.0 Å². The van der Waals surface area contributed by atoms with E-state index in [1.54, 1.807) is 24.3 Å². The number of aliphatic carboxylic acids is 1. The monoisotopic (exact) mass is 309 g/mol. The van der Waals surface area contributed by atoms with Crippen LogP contribution in [0.3, 0.4) is 0 Å². The molecule has 1 aromatic heterocycles. The average Bonchev–Trinajstić information content (AvgIpc) is 2.95. The molecule has 0 saturated carbocycles. The number of sulfonamides is 1. The highest BCUT2D eigenvalue weighted by molar-refractivity contribution is 7.92. The quantitative estimate of drug-likeness (QED) is 0.839. The zero-order chi connectivity index (χ0) is 15.5. The van der Waals surface area contributed by atoms with Gasteiger partial charge in [-0.3, -0.25) is 9.10 Å². The number of aryl methyl sites for hydroxylation is 1. The molecule has 0 saturated heterocycles. The van der Waals surface area contributed by atoms with E-state index in [0.717, 1.165) is 9.87 Å². The van der Waals surface area contributed by atoms with Crippen LogP contribution in [0.5, 0.6) is 0 Å². The van der Waals surface area contributed by atoms with Crippen LogP contribution in [0.1, 0.15) is 12.0 Å². The molecule has 0 amide bonds. The largest absolute Gasteiger partial charge is 0.481 e. The van der Waals surface area contributed by atoms with Gasteiger partial charge in [0.2, 0.25) is 0 Å². The molecule has 0 atom stereocenters. The molecule has 0 aliphatic heterocycles. The van der Waals surface area contributed by atoms with Crippen molar-refractivity contribution in [3.63, 3.8) is 0 Å². The van der Waals surface area contributed by atoms with Crippen molar-refractivity contribution in [3.05, 3.63) is 42.4 Å². The third-order valence-electron chi connectivity index (χ3n) is 2.89. The van der Waals surface area contributed by atoms with Crippen LogP contribution in [0, 0.1) is 6.92 Å². The fraction of sp³-hybridized carbons (Fsp3) is 0.231. The van der Waals surface area contributed by atoms with Gasteiger partial charge in [-0.15, -0.1) is 0 Å². The summed E-state index contributed by atoms with van der Waals surface area (Å²) in [5.41, 5.74) is 1.40. The Labute approximate surface area is 122 Å². The van der Waals surface area contributed by atoms with E-state index in [0.29, 0.717) is 5.69 Å². The van der Waals surface area contributed by atoms with Crippen molar-refractivity contribution in [1.29, 1.82) is 0 Å². The van der Waals surface area contributed by atoms with Crippen LogP contribution in [0.4, 0.5) is 5.69 Å². The number of anilines is 1. The van der Waals surface area contributed by atoms with Gasteiger partial charge in [0.1, 0.15) is 0 Å². The van der Waals surface area contributed by atoms with Crippen molar-refractivity contribution in [2.75, 3.05) is 10.8 Å². The van der Waals surface area contributed by atoms with E-state index in [4.69, 9.17) is 5.11 Å². The minimum atomic E-state index is -3.87. The molecule has 2 N–H and O–H groups in total. The van der Waals surface area contributed by atoms with Gasteiger partial charge in [0.15, 0.2) is 5.03 Å². The van der Waals surface area contributed by atoms with E-state index >= 15 is 0 Å². The fourth-order valence-electron chi connectivity index (χ4n) is 1.80. The molecule has 0 spiro atoms. The lowest BCUT2D eigenvalue weighted by molar-refractivity contribution is -0.136. The summed E-state index contributed by atoms with van der Waals surface area (Å²) in [7, 11) is -3.87. The number of H-pyrrole nitrogens is 1. The molecule has 21 heavy (non-hydrogen) atoms. The fourth-order valence-corrected chi connectivity index (χ4v) is 3.16. The highest BCUT2D eigenvalue weighted by atomic mass is 32.2. The number of aromatic amines is 1. The number of nitrogens with zero attached hydrogens (tertiary/aromatic N) is 2. The van der Waals surface area contributed by atoms with Gasteiger partial charge in [0.05, 0.1) is 24.6 Å². The Morgan fingerprint density at radius 3 is 2.52 bits per heavy atom. The minimum absolute atomic E-state index is 0.0755. The molecule has 1 heterocycles. The second-order valence-electron chi connectivity index (χ2n) is 4.47. The van der Waals surface area contributed by atoms with Crippen molar-refractivity contribution < 1.29 is 18.3 Å². The molecule has 8 heteroatoms. The van der Waals surface area contributed by atoms with E-state index in [-0.39, 0.29) is 18.0 Å². The van der Waals surface area contributed by atoms with Gasteiger partial charge in [-0.2, -0.15) is 8.42 Å². The number of hydrogen-bond acceptors (Lipinski definition) is 4. The third-order valence-corrected chi connectivity index (χ3v) is 4.64. The number of aromatic nitrogens is 2. The summed E-state index contributed by atoms with van der Waals surface area (Å²) in [5.74, 6) is -1.06. The Balaban J connectivity index is 2.41. The van der Waals surface area contributed by atoms with Crippen LogP contribution in [-0.2, 0) is 14.8 Å². The standard InChI is InChI=1S/C13H15N3O4S/c1-10-2-4-11(5-3-10)16(7-6-13(17)18)21(19,20)12-8-14-9-15-12/h2-5,8-9H,6-7H2,1H3,(H,14,15)(H,17,18). The first-order valence-corrected chi connectivity index (χ1v) is 7.65. The van der Waals surface area contributed by atoms with Gasteiger partial charge in [0, 0.05) is 6.54 Å². The Morgan fingerprint density at radius 2 is 2.00 bits per heavy atom. The van der Waals surface area contributed by atoms with Gasteiger partial charge in [-0.25, -0.2) is 4.98 Å². The number of rotatable bonds is 6. The molecule has 2 rings (SSSR count). The predicted octanol–water partition coefficient (Wildman–Crippen LogP) is 1.39. The highest BCUT2D eigenvalue weighted by Gasteiger charge is 2.26. The predicted molar refractivity (Wildman–Crippen MR) is 76.6 cm³/mol. The summed E-state index contributed by atoms with van der Waals surface area (Å²) in [6.45, 7) is 1.73. The average molecular weight is 309 g/mol. The number of imidazole rings is 1. The van der Waals surface area contributed by atoms with E-state index in [2.05, 4.69) is 9.97 Å². The van der Waals surface area contributed by atoms with Crippen LogP contribution in [0.2, 0.25) is 0 Å². The van der Waals surface area contributed by atoms with Gasteiger partial charge in [-0.1, -0.05) is 17.7 Å². The van der Waals surface area contributed by atoms with Crippen LogP contribution in [0.15, 0.2) is 41.8 Å². The molecule has 0 fully saturated rings. The summed E-state index contributed by atoms with van der Waals surface area (Å²) < 4.78 is 26.2. The molecule has 0 aliphatic rings. The van der Waals surface area contributed by atoms with E-state index < -0.39 is 16.0 Å². The van der Waals surface area contributed by atoms with E-state index in [9.17, 15) is 13.2 Å². The number of carboxylic acid groups (broad SMARTS) is 1. The van der Waals surface area contributed by atoms with Crippen LogP contribution >= 0.6 is 0 Å². The molecule has 0 unspecified atom stereocenters. The molecular formula is C13H15N3O4S. The molecule has 7 nitrogen and oxygen atoms in total. The summed E-state index contributed by atoms with van der Waals surface area (Å²) in [6, 6.07) is 6.83. The van der Waals surface area contributed by atoms with E-state index in [1.165, 1.54) is 12.5 Å². The number of carbonyl (C=O) groups is 1. The molecule has 0 bridgehead atoms. The van der Waals surface area contributed by atoms with Crippen molar-refractivity contribution in [3.8, 4) is 0 Å². The first-order valence-electron chi connectivity index (χ1n) is 6.21. The first kappa shape index (κ1) is 15.0. The van der Waals surface area contributed by atoms with Gasteiger partial charge < -0.3 is 10.1 Å². The van der Waals surface area contributed by atoms with Gasteiger partial charge in [-0.05, 0) is 19.1 Å². The molecule has 2 aromatic rings. The summed E-state index contributed by atoms with van der Waals surface area (Å²) in [5, 5.41) is 8.73. The number of hydrogen-bond donors (Lipinski definition) is 2. The lowest BCUT2D eigenvalue weighted by Crippen LogP contribution is -2.33. The normalized spacial score (nSPS) is 11.3. The number of nitrogens with one attached hydrogen (secondary N) is 1. The molecular weight excluding hydrogens is 294 g/mol. The van der Waals surface area contributed by atoms with Crippen LogP contribution in [-0.4, -0.2) is 36.0 Å². The highest BCUT2D eigenvalue weighted by Crippen LogP contribution is 2.23. The smallest absolute Gasteiger partial charge is 0.305 e. The summed E-state index contributed by atoms with van der Waals surface area (Å²) >= 11 is 0. The Bertz CT molecular complexity index is 708. The Hall–Kier alpha value is -2.35. The second kappa shape index (κ2) is 5.96. The first-order chi connectivity index (χ1) is 9.91. The number of carboxylic acids is 1. The summed E-state index contributed by atoms with van der Waals surface area (Å²) in [6.07, 6.45) is 2.16.